The van der Waals surface area contributed by atoms with E-state index in [0.29, 0.717) is 18.6 Å². The van der Waals surface area contributed by atoms with Crippen LogP contribution in [0.1, 0.15) is 69.8 Å². The van der Waals surface area contributed by atoms with Crippen molar-refractivity contribution in [1.29, 1.82) is 0 Å². The number of aromatic nitrogens is 3. The molecular weight excluding hydrogens is 388 g/mol. The largest absolute Gasteiger partial charge is 0.496 e. The number of H-pyrrole nitrogens is 1. The van der Waals surface area contributed by atoms with E-state index in [0.717, 1.165) is 65.1 Å². The number of hydrogen-bond donors (Lipinski definition) is 2. The zero-order valence-corrected chi connectivity index (χ0v) is 19.1. The van der Waals surface area contributed by atoms with Gasteiger partial charge < -0.3 is 15.5 Å². The van der Waals surface area contributed by atoms with Gasteiger partial charge in [-0.05, 0) is 31.9 Å². The number of hydrogen-bond acceptors (Lipinski definition) is 5. The second-order valence-corrected chi connectivity index (χ2v) is 8.32. The van der Waals surface area contributed by atoms with Crippen LogP contribution in [0.15, 0.2) is 30.5 Å². The molecule has 1 aromatic carbocycles. The molecule has 2 heterocycles. The number of nitrogens with one attached hydrogen (secondary N) is 1. The van der Waals surface area contributed by atoms with Crippen molar-refractivity contribution < 1.29 is 9.53 Å². The fourth-order valence-corrected chi connectivity index (χ4v) is 3.85. The Labute approximate surface area is 184 Å². The maximum Gasteiger partial charge on any atom is 0.132 e. The molecular formula is C25H34N4O2. The number of methoxy groups -OCH3 is 1. The maximum atomic E-state index is 11.4. The number of nitrogens with two attached hydrogens (primary N) is 1. The molecule has 0 radical (unpaired) electrons. The molecule has 0 saturated carbocycles. The highest BCUT2D eigenvalue weighted by Crippen LogP contribution is 2.33. The number of aromatic amines is 1. The third kappa shape index (κ3) is 5.70. The lowest BCUT2D eigenvalue weighted by Crippen LogP contribution is -2.27. The zero-order chi connectivity index (χ0) is 22.4. The summed E-state index contributed by atoms with van der Waals surface area (Å²) >= 11 is 0. The molecule has 0 amide bonds. The monoisotopic (exact) mass is 422 g/mol. The molecule has 0 saturated heterocycles. The number of aryl methyl sites for hydroxylation is 1. The summed E-state index contributed by atoms with van der Waals surface area (Å²) in [6.45, 7) is 6.01. The number of benzene rings is 1. The van der Waals surface area contributed by atoms with Crippen molar-refractivity contribution in [2.75, 3.05) is 7.11 Å². The Morgan fingerprint density at radius 3 is 2.77 bits per heavy atom. The van der Waals surface area contributed by atoms with Crippen LogP contribution in [0.4, 0.5) is 0 Å². The van der Waals surface area contributed by atoms with Crippen LogP contribution in [0.3, 0.4) is 0 Å². The summed E-state index contributed by atoms with van der Waals surface area (Å²) in [6.07, 6.45) is 7.11. The minimum Gasteiger partial charge on any atom is -0.496 e. The number of pyridine rings is 1. The van der Waals surface area contributed by atoms with E-state index in [4.69, 9.17) is 10.5 Å². The molecule has 3 N–H and O–H groups in total. The van der Waals surface area contributed by atoms with Crippen molar-refractivity contribution in [2.24, 2.45) is 5.73 Å². The first-order valence-corrected chi connectivity index (χ1v) is 11.2. The molecule has 3 rings (SSSR count). The number of ketones is 1. The summed E-state index contributed by atoms with van der Waals surface area (Å²) < 4.78 is 5.63. The third-order valence-electron chi connectivity index (χ3n) is 6.00. The van der Waals surface area contributed by atoms with Crippen LogP contribution >= 0.6 is 0 Å². The molecule has 1 unspecified atom stereocenters. The lowest BCUT2D eigenvalue weighted by molar-refractivity contribution is -0.118. The highest BCUT2D eigenvalue weighted by molar-refractivity contribution is 5.87. The number of rotatable bonds is 11. The van der Waals surface area contributed by atoms with Gasteiger partial charge in [0.2, 0.25) is 0 Å². The highest BCUT2D eigenvalue weighted by Gasteiger charge is 2.19. The molecule has 2 atom stereocenters. The Balaban J connectivity index is 1.68. The van der Waals surface area contributed by atoms with Crippen molar-refractivity contribution >= 4 is 16.7 Å². The summed E-state index contributed by atoms with van der Waals surface area (Å²) in [5.41, 5.74) is 10.2. The second kappa shape index (κ2) is 10.5. The van der Waals surface area contributed by atoms with E-state index in [1.54, 1.807) is 7.11 Å². The number of nitrogens with zero attached hydrogens (tertiary/aromatic N) is 2. The smallest absolute Gasteiger partial charge is 0.132 e. The Morgan fingerprint density at radius 1 is 1.23 bits per heavy atom. The Kier molecular flexibility index (Phi) is 7.80. The van der Waals surface area contributed by atoms with Crippen LogP contribution in [0.5, 0.6) is 5.75 Å². The van der Waals surface area contributed by atoms with E-state index in [-0.39, 0.29) is 12.0 Å². The fraction of sp³-hybridized carbons (Fsp3) is 0.480. The van der Waals surface area contributed by atoms with E-state index in [9.17, 15) is 4.79 Å². The topological polar surface area (TPSA) is 93.9 Å². The van der Waals surface area contributed by atoms with Crippen molar-refractivity contribution in [2.45, 2.75) is 71.3 Å². The molecule has 166 valence electrons. The molecule has 0 aliphatic carbocycles. The molecule has 0 spiro atoms. The zero-order valence-electron chi connectivity index (χ0n) is 19.1. The van der Waals surface area contributed by atoms with E-state index >= 15 is 0 Å². The van der Waals surface area contributed by atoms with Gasteiger partial charge >= 0.3 is 0 Å². The first-order valence-electron chi connectivity index (χ1n) is 11.2. The van der Waals surface area contributed by atoms with Gasteiger partial charge in [0.05, 0.1) is 24.5 Å². The van der Waals surface area contributed by atoms with Crippen molar-refractivity contribution in [3.05, 3.63) is 42.0 Å². The minimum absolute atomic E-state index is 0.0200. The average Bonchev–Trinajstić information content (AvgIpc) is 3.26. The number of carbonyl (C=O) groups excluding carboxylic acids is 1. The van der Waals surface area contributed by atoms with Crippen LogP contribution in [0.2, 0.25) is 0 Å². The van der Waals surface area contributed by atoms with Crippen LogP contribution in [0.25, 0.3) is 22.2 Å². The summed E-state index contributed by atoms with van der Waals surface area (Å²) in [5.74, 6) is 2.10. The molecule has 3 aromatic rings. The third-order valence-corrected chi connectivity index (χ3v) is 6.00. The van der Waals surface area contributed by atoms with E-state index in [2.05, 4.69) is 34.0 Å². The quantitative estimate of drug-likeness (QED) is 0.409. The fourth-order valence-electron chi connectivity index (χ4n) is 3.85. The number of unbranched alkanes of at least 4 members (excludes halogenated alkanes) is 2. The Morgan fingerprint density at radius 2 is 2.03 bits per heavy atom. The van der Waals surface area contributed by atoms with Crippen molar-refractivity contribution in [1.82, 2.24) is 15.0 Å². The van der Waals surface area contributed by atoms with Crippen molar-refractivity contribution in [3.8, 4) is 17.0 Å². The van der Waals surface area contributed by atoms with Crippen LogP contribution in [-0.4, -0.2) is 33.9 Å². The van der Waals surface area contributed by atoms with Gasteiger partial charge in [0.15, 0.2) is 0 Å². The predicted molar refractivity (Wildman–Crippen MR) is 125 cm³/mol. The van der Waals surface area contributed by atoms with E-state index < -0.39 is 0 Å². The van der Waals surface area contributed by atoms with Crippen LogP contribution in [0, 0.1) is 6.92 Å². The number of fused-ring (bicyclic) bond motifs is 1. The molecule has 6 heteroatoms. The first-order chi connectivity index (χ1) is 14.9. The molecule has 0 bridgehead atoms. The van der Waals surface area contributed by atoms with Crippen LogP contribution < -0.4 is 10.5 Å². The first kappa shape index (κ1) is 22.9. The number of ether oxygens (including phenoxy) is 1. The average molecular weight is 423 g/mol. The van der Waals surface area contributed by atoms with Gasteiger partial charge in [0.1, 0.15) is 17.4 Å². The van der Waals surface area contributed by atoms with E-state index in [1.807, 2.05) is 32.2 Å². The van der Waals surface area contributed by atoms with Gasteiger partial charge in [-0.15, -0.1) is 0 Å². The lowest BCUT2D eigenvalue weighted by atomic mass is 9.96. The summed E-state index contributed by atoms with van der Waals surface area (Å²) in [7, 11) is 1.67. The number of carbonyl (C=O) groups is 1. The van der Waals surface area contributed by atoms with Gasteiger partial charge in [-0.3, -0.25) is 9.78 Å². The van der Waals surface area contributed by atoms with Gasteiger partial charge in [0.25, 0.3) is 0 Å². The molecule has 31 heavy (non-hydrogen) atoms. The number of Topliss-reactive ketones (excluding diaryl/α,β-unsaturated/α-hetero) is 1. The molecule has 6 nitrogen and oxygen atoms in total. The molecule has 2 aromatic heterocycles. The summed E-state index contributed by atoms with van der Waals surface area (Å²) in [5, 5.41) is 1.06. The second-order valence-electron chi connectivity index (χ2n) is 8.32. The van der Waals surface area contributed by atoms with Gasteiger partial charge in [-0.2, -0.15) is 0 Å². The standard InChI is InChI=1S/C25H34N4O2/c1-5-19(30)9-7-6-8-10-21(26)17(3)25-27-15-23(29-25)20-13-18-12-11-16(2)28-22(18)14-24(20)31-4/h11-15,17,21H,5-10,26H2,1-4H3,(H,27,29)/t17?,21-/m0/s1. The molecule has 0 aliphatic rings. The molecule has 0 aliphatic heterocycles. The number of imidazole rings is 1. The Bertz CT molecular complexity index is 1030. The highest BCUT2D eigenvalue weighted by atomic mass is 16.5. The minimum atomic E-state index is 0.0200. The van der Waals surface area contributed by atoms with Gasteiger partial charge in [0, 0.05) is 47.5 Å². The van der Waals surface area contributed by atoms with Gasteiger partial charge in [-0.1, -0.05) is 32.8 Å². The Hall–Kier alpha value is -2.73. The maximum absolute atomic E-state index is 11.4. The van der Waals surface area contributed by atoms with Crippen molar-refractivity contribution in [3.63, 3.8) is 0 Å². The van der Waals surface area contributed by atoms with E-state index in [1.165, 1.54) is 0 Å². The van der Waals surface area contributed by atoms with Crippen LogP contribution in [-0.2, 0) is 4.79 Å². The summed E-state index contributed by atoms with van der Waals surface area (Å²) in [4.78, 5) is 24.1. The van der Waals surface area contributed by atoms with Gasteiger partial charge in [-0.25, -0.2) is 4.98 Å². The molecule has 0 fully saturated rings. The predicted octanol–water partition coefficient (Wildman–Crippen LogP) is 5.30. The SMILES string of the molecule is CCC(=O)CCCCC[C@H](N)C(C)c1ncc(-c2cc3ccc(C)nc3cc2OC)[nH]1. The normalized spacial score (nSPS) is 13.3. The lowest BCUT2D eigenvalue weighted by Gasteiger charge is -2.18. The summed E-state index contributed by atoms with van der Waals surface area (Å²) in [6, 6.07) is 8.16.